The number of piperidine rings is 1. The number of pyridine rings is 1. The third kappa shape index (κ3) is 4.68. The quantitative estimate of drug-likeness (QED) is 0.614. The Morgan fingerprint density at radius 3 is 2.82 bits per heavy atom. The fourth-order valence-corrected chi connectivity index (χ4v) is 5.45. The molecule has 1 unspecified atom stereocenters. The minimum Gasteiger partial charge on any atom is -0.398 e. The first-order valence-electron chi connectivity index (χ1n) is 12.4. The number of amides is 1. The topological polar surface area (TPSA) is 71.2 Å². The first-order valence-corrected chi connectivity index (χ1v) is 12.4. The largest absolute Gasteiger partial charge is 0.398 e. The zero-order chi connectivity index (χ0) is 22.8. The number of benzene rings is 1. The molecule has 2 heterocycles. The number of hydrogen-bond acceptors (Lipinski definition) is 4. The van der Waals surface area contributed by atoms with Crippen LogP contribution in [0.3, 0.4) is 0 Å². The Kier molecular flexibility index (Phi) is 6.21. The van der Waals surface area contributed by atoms with E-state index < -0.39 is 0 Å². The van der Waals surface area contributed by atoms with Gasteiger partial charge in [0, 0.05) is 41.8 Å². The highest BCUT2D eigenvalue weighted by Crippen LogP contribution is 2.35. The summed E-state index contributed by atoms with van der Waals surface area (Å²) in [6.07, 6.45) is 14.3. The molecule has 1 aromatic carbocycles. The molecule has 1 saturated heterocycles. The van der Waals surface area contributed by atoms with Crippen LogP contribution >= 0.6 is 0 Å². The molecular formula is C28H34N4O. The molecule has 1 aliphatic heterocycles. The Morgan fingerprint density at radius 2 is 1.97 bits per heavy atom. The molecule has 0 saturated carbocycles. The van der Waals surface area contributed by atoms with Gasteiger partial charge in [0.15, 0.2) is 0 Å². The van der Waals surface area contributed by atoms with Crippen molar-refractivity contribution in [3.8, 4) is 11.3 Å². The van der Waals surface area contributed by atoms with Crippen molar-refractivity contribution >= 4 is 17.3 Å². The number of allylic oxidation sites excluding steroid dienone is 3. The molecule has 2 atom stereocenters. The van der Waals surface area contributed by atoms with Crippen molar-refractivity contribution in [2.45, 2.75) is 57.9 Å². The van der Waals surface area contributed by atoms with Gasteiger partial charge < -0.3 is 16.0 Å². The van der Waals surface area contributed by atoms with Crippen molar-refractivity contribution in [1.82, 2.24) is 10.3 Å². The molecule has 0 spiro atoms. The first kappa shape index (κ1) is 21.7. The van der Waals surface area contributed by atoms with Crippen LogP contribution in [0.15, 0.2) is 59.8 Å². The van der Waals surface area contributed by atoms with Crippen LogP contribution < -0.4 is 16.0 Å². The Balaban J connectivity index is 1.37. The highest BCUT2D eigenvalue weighted by Gasteiger charge is 2.27. The predicted octanol–water partition coefficient (Wildman–Crippen LogP) is 5.50. The monoisotopic (exact) mass is 442 g/mol. The molecule has 2 aliphatic carbocycles. The van der Waals surface area contributed by atoms with Gasteiger partial charge in [0.05, 0.1) is 11.7 Å². The fraction of sp³-hybridized carbons (Fsp3) is 0.429. The zero-order valence-electron chi connectivity index (χ0n) is 19.5. The van der Waals surface area contributed by atoms with Crippen LogP contribution in [0.4, 0.5) is 11.4 Å². The minimum atomic E-state index is -0.0367. The summed E-state index contributed by atoms with van der Waals surface area (Å²) in [7, 11) is 0. The molecule has 0 bridgehead atoms. The molecule has 1 amide bonds. The van der Waals surface area contributed by atoms with E-state index in [0.29, 0.717) is 17.2 Å². The van der Waals surface area contributed by atoms with Crippen molar-refractivity contribution in [3.05, 3.63) is 65.4 Å². The van der Waals surface area contributed by atoms with Gasteiger partial charge >= 0.3 is 0 Å². The normalized spacial score (nSPS) is 22.8. The maximum absolute atomic E-state index is 13.2. The Labute approximate surface area is 196 Å². The van der Waals surface area contributed by atoms with Crippen molar-refractivity contribution in [2.75, 3.05) is 23.7 Å². The summed E-state index contributed by atoms with van der Waals surface area (Å²) >= 11 is 0. The average molecular weight is 443 g/mol. The first-order chi connectivity index (χ1) is 16.1. The van der Waals surface area contributed by atoms with E-state index >= 15 is 0 Å². The van der Waals surface area contributed by atoms with Crippen molar-refractivity contribution in [3.63, 3.8) is 0 Å². The van der Waals surface area contributed by atoms with Gasteiger partial charge in [0.1, 0.15) is 0 Å². The maximum atomic E-state index is 13.2. The number of aromatic nitrogens is 1. The van der Waals surface area contributed by atoms with Crippen LogP contribution in [0.25, 0.3) is 11.3 Å². The van der Waals surface area contributed by atoms with Gasteiger partial charge in [0.25, 0.3) is 5.91 Å². The highest BCUT2D eigenvalue weighted by atomic mass is 16.1. The van der Waals surface area contributed by atoms with Crippen LogP contribution in [0.2, 0.25) is 0 Å². The summed E-state index contributed by atoms with van der Waals surface area (Å²) in [5.74, 6) is 0.495. The highest BCUT2D eigenvalue weighted by molar-refractivity contribution is 5.96. The van der Waals surface area contributed by atoms with Gasteiger partial charge in [-0.3, -0.25) is 9.78 Å². The van der Waals surface area contributed by atoms with E-state index in [1.807, 2.05) is 12.1 Å². The minimum absolute atomic E-state index is 0.0367. The molecule has 3 N–H and O–H groups in total. The van der Waals surface area contributed by atoms with E-state index in [2.05, 4.69) is 46.4 Å². The molecule has 2 aromatic rings. The molecular weight excluding hydrogens is 408 g/mol. The molecule has 33 heavy (non-hydrogen) atoms. The lowest BCUT2D eigenvalue weighted by atomic mass is 9.79. The van der Waals surface area contributed by atoms with Gasteiger partial charge in [0.2, 0.25) is 0 Å². The van der Waals surface area contributed by atoms with Crippen LogP contribution in [0.5, 0.6) is 0 Å². The van der Waals surface area contributed by atoms with E-state index in [0.717, 1.165) is 50.0 Å². The summed E-state index contributed by atoms with van der Waals surface area (Å²) in [4.78, 5) is 20.2. The second-order valence-electron chi connectivity index (χ2n) is 9.76. The number of rotatable bonds is 4. The molecule has 0 radical (unpaired) electrons. The Hall–Kier alpha value is -3.08. The van der Waals surface area contributed by atoms with Gasteiger partial charge in [-0.1, -0.05) is 19.1 Å². The second-order valence-corrected chi connectivity index (χ2v) is 9.76. The third-order valence-electron chi connectivity index (χ3n) is 7.30. The summed E-state index contributed by atoms with van der Waals surface area (Å²) in [6, 6.07) is 9.97. The van der Waals surface area contributed by atoms with Crippen LogP contribution in [-0.2, 0) is 0 Å². The van der Waals surface area contributed by atoms with E-state index in [9.17, 15) is 4.79 Å². The average Bonchev–Trinajstić information content (AvgIpc) is 2.85. The number of nitrogens with two attached hydrogens (primary N) is 1. The number of carbonyl (C=O) groups excluding carboxylic acids is 1. The van der Waals surface area contributed by atoms with Gasteiger partial charge in [-0.25, -0.2) is 0 Å². The van der Waals surface area contributed by atoms with Gasteiger partial charge in [-0.05, 0) is 92.3 Å². The number of carbonyl (C=O) groups is 1. The second kappa shape index (κ2) is 9.42. The molecule has 1 aromatic heterocycles. The smallest absolute Gasteiger partial charge is 0.251 e. The summed E-state index contributed by atoms with van der Waals surface area (Å²) in [6.45, 7) is 4.39. The molecule has 5 nitrogen and oxygen atoms in total. The lowest BCUT2D eigenvalue weighted by Gasteiger charge is -2.32. The molecule has 1 fully saturated rings. The number of nitrogens with one attached hydrogen (secondary N) is 1. The summed E-state index contributed by atoms with van der Waals surface area (Å²) in [5, 5.41) is 3.31. The lowest BCUT2D eigenvalue weighted by Crippen LogP contribution is -2.39. The Morgan fingerprint density at radius 1 is 1.12 bits per heavy atom. The van der Waals surface area contributed by atoms with Crippen molar-refractivity contribution in [2.24, 2.45) is 5.92 Å². The van der Waals surface area contributed by atoms with E-state index in [1.54, 1.807) is 12.3 Å². The standard InChI is InChI=1S/C28H34N4O/c1-19-8-9-20-6-5-7-26(23(20)16-19)31-28(33)21-12-13-30-27(17-21)24-18-22(10-11-25(24)29)32-14-3-2-4-15-32/h8-13,17-19,26H,2-7,14-16,29H2,1H3,(H,31,33)/t19?,26-/m0/s1. The summed E-state index contributed by atoms with van der Waals surface area (Å²) < 4.78 is 0. The number of nitrogen functional groups attached to an aromatic ring is 1. The molecule has 5 heteroatoms. The van der Waals surface area contributed by atoms with Crippen molar-refractivity contribution in [1.29, 1.82) is 0 Å². The fourth-order valence-electron chi connectivity index (χ4n) is 5.45. The summed E-state index contributed by atoms with van der Waals surface area (Å²) in [5.41, 5.74) is 13.3. The van der Waals surface area contributed by atoms with Crippen LogP contribution in [0, 0.1) is 5.92 Å². The number of nitrogens with zero attached hydrogens (tertiary/aromatic N) is 2. The number of anilines is 2. The number of hydrogen-bond donors (Lipinski definition) is 2. The van der Waals surface area contributed by atoms with Crippen molar-refractivity contribution < 1.29 is 4.79 Å². The third-order valence-corrected chi connectivity index (χ3v) is 7.30. The van der Waals surface area contributed by atoms with Gasteiger partial charge in [-0.2, -0.15) is 0 Å². The lowest BCUT2D eigenvalue weighted by molar-refractivity contribution is 0.0938. The molecule has 172 valence electrons. The molecule has 3 aliphatic rings. The van der Waals surface area contributed by atoms with Gasteiger partial charge in [-0.15, -0.1) is 0 Å². The predicted molar refractivity (Wildman–Crippen MR) is 135 cm³/mol. The zero-order valence-corrected chi connectivity index (χ0v) is 19.5. The van der Waals surface area contributed by atoms with Crippen LogP contribution in [-0.4, -0.2) is 30.0 Å². The Bertz CT molecular complexity index is 1100. The van der Waals surface area contributed by atoms with E-state index in [4.69, 9.17) is 5.73 Å². The SMILES string of the molecule is CC1C=CC2=C(C1)[C@@H](NC(=O)c1ccnc(-c3cc(N4CCCCC4)ccc3N)c1)CCC2. The maximum Gasteiger partial charge on any atom is 0.251 e. The molecule has 5 rings (SSSR count). The van der Waals surface area contributed by atoms with E-state index in [1.165, 1.54) is 36.1 Å². The van der Waals surface area contributed by atoms with Crippen LogP contribution in [0.1, 0.15) is 62.2 Å². The van der Waals surface area contributed by atoms with E-state index in [-0.39, 0.29) is 11.9 Å².